The van der Waals surface area contributed by atoms with Gasteiger partial charge in [-0.1, -0.05) is 0 Å². The van der Waals surface area contributed by atoms with Crippen molar-refractivity contribution >= 4 is 16.9 Å². The van der Waals surface area contributed by atoms with Gasteiger partial charge in [-0.25, -0.2) is 9.18 Å². The van der Waals surface area contributed by atoms with Crippen LogP contribution >= 0.6 is 0 Å². The highest BCUT2D eigenvalue weighted by molar-refractivity contribution is 5.98. The van der Waals surface area contributed by atoms with E-state index in [0.717, 1.165) is 5.39 Å². The predicted octanol–water partition coefficient (Wildman–Crippen LogP) is 2.81. The molecule has 1 heterocycles. The summed E-state index contributed by atoms with van der Waals surface area (Å²) in [6.45, 7) is 4.10. The summed E-state index contributed by atoms with van der Waals surface area (Å²) in [6.07, 6.45) is 0. The smallest absolute Gasteiger partial charge is 0.352 e. The van der Waals surface area contributed by atoms with E-state index in [-0.39, 0.29) is 11.5 Å². The number of aromatic nitrogens is 1. The maximum atomic E-state index is 13.1. The average molecular weight is 221 g/mol. The van der Waals surface area contributed by atoms with Gasteiger partial charge in [0.1, 0.15) is 11.5 Å². The molecule has 0 radical (unpaired) electrons. The van der Waals surface area contributed by atoms with Gasteiger partial charge in [-0.05, 0) is 37.6 Å². The highest BCUT2D eigenvalue weighted by Gasteiger charge is 2.18. The summed E-state index contributed by atoms with van der Waals surface area (Å²) in [7, 11) is 0. The molecule has 1 N–H and O–H groups in total. The molecule has 2 aromatic rings. The number of benzene rings is 1. The van der Waals surface area contributed by atoms with Crippen LogP contribution in [0.25, 0.3) is 10.9 Å². The fourth-order valence-corrected chi connectivity index (χ4v) is 2.10. The van der Waals surface area contributed by atoms with Crippen molar-refractivity contribution in [2.45, 2.75) is 20.4 Å². The molecule has 0 amide bonds. The lowest BCUT2D eigenvalue weighted by Gasteiger charge is -2.04. The van der Waals surface area contributed by atoms with E-state index in [1.807, 2.05) is 6.92 Å². The fraction of sp³-hybridized carbons (Fsp3) is 0.250. The Labute approximate surface area is 92.1 Å². The Morgan fingerprint density at radius 1 is 1.50 bits per heavy atom. The number of nitrogens with zero attached hydrogens (tertiary/aromatic N) is 1. The number of hydrogen-bond acceptors (Lipinski definition) is 1. The highest BCUT2D eigenvalue weighted by Crippen LogP contribution is 2.26. The number of rotatable bonds is 2. The molecule has 3 nitrogen and oxygen atoms in total. The first-order valence-corrected chi connectivity index (χ1v) is 5.08. The van der Waals surface area contributed by atoms with E-state index in [2.05, 4.69) is 0 Å². The topological polar surface area (TPSA) is 42.2 Å². The lowest BCUT2D eigenvalue weighted by molar-refractivity contribution is 0.0685. The lowest BCUT2D eigenvalue weighted by Crippen LogP contribution is -2.08. The van der Waals surface area contributed by atoms with Gasteiger partial charge in [0.15, 0.2) is 0 Å². The third-order valence-electron chi connectivity index (χ3n) is 2.80. The Hall–Kier alpha value is -1.84. The Morgan fingerprint density at radius 2 is 2.19 bits per heavy atom. The van der Waals surface area contributed by atoms with Crippen LogP contribution < -0.4 is 0 Å². The molecule has 0 unspecified atom stereocenters. The van der Waals surface area contributed by atoms with Crippen molar-refractivity contribution in [3.05, 3.63) is 35.3 Å². The van der Waals surface area contributed by atoms with Crippen molar-refractivity contribution in [3.8, 4) is 0 Å². The first-order valence-electron chi connectivity index (χ1n) is 5.08. The molecule has 0 saturated carbocycles. The number of hydrogen-bond donors (Lipinski definition) is 1. The summed E-state index contributed by atoms with van der Waals surface area (Å²) in [5, 5.41) is 9.93. The molecule has 0 aliphatic rings. The summed E-state index contributed by atoms with van der Waals surface area (Å²) >= 11 is 0. The molecule has 16 heavy (non-hydrogen) atoms. The van der Waals surface area contributed by atoms with Gasteiger partial charge in [0, 0.05) is 11.9 Å². The van der Waals surface area contributed by atoms with Crippen LogP contribution in [-0.2, 0) is 6.54 Å². The minimum Gasteiger partial charge on any atom is -0.477 e. The van der Waals surface area contributed by atoms with Crippen LogP contribution in [0.1, 0.15) is 23.0 Å². The number of carboxylic acid groups (broad SMARTS) is 1. The standard InChI is InChI=1S/C12H12FNO2/c1-3-14-10-6-8(13)4-5-9(10)7(2)11(14)12(15)16/h4-6H,3H2,1-2H3,(H,15,16). The number of aromatic carboxylic acids is 1. The summed E-state index contributed by atoms with van der Waals surface area (Å²) in [5.74, 6) is -1.33. The number of fused-ring (bicyclic) bond motifs is 1. The van der Waals surface area contributed by atoms with Gasteiger partial charge in [0.05, 0.1) is 5.52 Å². The first kappa shape index (κ1) is 10.7. The van der Waals surface area contributed by atoms with E-state index < -0.39 is 5.97 Å². The highest BCUT2D eigenvalue weighted by atomic mass is 19.1. The molecule has 0 aliphatic carbocycles. The maximum absolute atomic E-state index is 13.1. The average Bonchev–Trinajstić information content (AvgIpc) is 2.50. The second-order valence-corrected chi connectivity index (χ2v) is 3.68. The van der Waals surface area contributed by atoms with Gasteiger partial charge in [-0.3, -0.25) is 0 Å². The maximum Gasteiger partial charge on any atom is 0.352 e. The molecule has 1 aromatic carbocycles. The summed E-state index contributed by atoms with van der Waals surface area (Å²) in [6, 6.07) is 4.35. The van der Waals surface area contributed by atoms with Gasteiger partial charge in [-0.15, -0.1) is 0 Å². The fourth-order valence-electron chi connectivity index (χ4n) is 2.10. The van der Waals surface area contributed by atoms with Crippen molar-refractivity contribution in [1.29, 1.82) is 0 Å². The van der Waals surface area contributed by atoms with Gasteiger partial charge < -0.3 is 9.67 Å². The Balaban J connectivity index is 2.91. The lowest BCUT2D eigenvalue weighted by atomic mass is 10.1. The molecular weight excluding hydrogens is 209 g/mol. The van der Waals surface area contributed by atoms with Crippen LogP contribution in [-0.4, -0.2) is 15.6 Å². The second kappa shape index (κ2) is 3.63. The van der Waals surface area contributed by atoms with Crippen molar-refractivity contribution in [1.82, 2.24) is 4.57 Å². The second-order valence-electron chi connectivity index (χ2n) is 3.68. The minimum atomic E-state index is -0.976. The quantitative estimate of drug-likeness (QED) is 0.847. The number of carboxylic acids is 1. The summed E-state index contributed by atoms with van der Waals surface area (Å²) in [4.78, 5) is 11.1. The largest absolute Gasteiger partial charge is 0.477 e. The van der Waals surface area contributed by atoms with E-state index in [1.165, 1.54) is 12.1 Å². The van der Waals surface area contributed by atoms with Crippen LogP contribution in [0.2, 0.25) is 0 Å². The van der Waals surface area contributed by atoms with E-state index in [9.17, 15) is 9.18 Å². The van der Waals surface area contributed by atoms with E-state index >= 15 is 0 Å². The molecule has 0 spiro atoms. The molecule has 0 aliphatic heterocycles. The molecule has 84 valence electrons. The first-order chi connectivity index (χ1) is 7.56. The van der Waals surface area contributed by atoms with Crippen molar-refractivity contribution in [3.63, 3.8) is 0 Å². The zero-order valence-electron chi connectivity index (χ0n) is 9.12. The van der Waals surface area contributed by atoms with Crippen LogP contribution in [0.4, 0.5) is 4.39 Å². The van der Waals surface area contributed by atoms with E-state index in [4.69, 9.17) is 5.11 Å². The van der Waals surface area contributed by atoms with Crippen molar-refractivity contribution in [2.24, 2.45) is 0 Å². The van der Waals surface area contributed by atoms with Crippen LogP contribution in [0.15, 0.2) is 18.2 Å². The summed E-state index contributed by atoms with van der Waals surface area (Å²) < 4.78 is 14.8. The zero-order valence-corrected chi connectivity index (χ0v) is 9.12. The van der Waals surface area contributed by atoms with Crippen LogP contribution in [0.5, 0.6) is 0 Å². The van der Waals surface area contributed by atoms with Gasteiger partial charge in [0.25, 0.3) is 0 Å². The van der Waals surface area contributed by atoms with Gasteiger partial charge in [0.2, 0.25) is 0 Å². The van der Waals surface area contributed by atoms with Crippen molar-refractivity contribution in [2.75, 3.05) is 0 Å². The summed E-state index contributed by atoms with van der Waals surface area (Å²) in [5.41, 5.74) is 1.56. The zero-order chi connectivity index (χ0) is 11.9. The molecule has 0 bridgehead atoms. The van der Waals surface area contributed by atoms with Gasteiger partial charge in [-0.2, -0.15) is 0 Å². The molecule has 0 fully saturated rings. The number of carbonyl (C=O) groups is 1. The van der Waals surface area contributed by atoms with Crippen LogP contribution in [0, 0.1) is 12.7 Å². The Morgan fingerprint density at radius 3 is 2.75 bits per heavy atom. The van der Waals surface area contributed by atoms with Gasteiger partial charge >= 0.3 is 5.97 Å². The number of halogens is 1. The normalized spacial score (nSPS) is 10.9. The van der Waals surface area contributed by atoms with E-state index in [0.29, 0.717) is 17.6 Å². The Kier molecular flexibility index (Phi) is 2.42. The predicted molar refractivity (Wildman–Crippen MR) is 59.3 cm³/mol. The molecular formula is C12H12FNO2. The number of aryl methyl sites for hydroxylation is 2. The van der Waals surface area contributed by atoms with Crippen molar-refractivity contribution < 1.29 is 14.3 Å². The third kappa shape index (κ3) is 1.38. The SMILES string of the molecule is CCn1c(C(=O)O)c(C)c2ccc(F)cc21. The molecule has 0 atom stereocenters. The molecule has 0 saturated heterocycles. The minimum absolute atomic E-state index is 0.239. The molecule has 2 rings (SSSR count). The third-order valence-corrected chi connectivity index (χ3v) is 2.80. The molecule has 1 aromatic heterocycles. The molecule has 4 heteroatoms. The van der Waals surface area contributed by atoms with Crippen LogP contribution in [0.3, 0.4) is 0 Å². The Bertz CT molecular complexity index is 572. The van der Waals surface area contributed by atoms with E-state index in [1.54, 1.807) is 17.6 Å². The monoisotopic (exact) mass is 221 g/mol.